The quantitative estimate of drug-likeness (QED) is 0.393. The zero-order chi connectivity index (χ0) is 25.6. The molecule has 0 atom stereocenters. The molecular formula is C24H26ClN3O5S2. The van der Waals surface area contributed by atoms with Gasteiger partial charge in [0.15, 0.2) is 0 Å². The Hall–Kier alpha value is -3.08. The normalized spacial score (nSPS) is 11.6. The second kappa shape index (κ2) is 11.1. The zero-order valence-electron chi connectivity index (χ0n) is 19.2. The van der Waals surface area contributed by atoms with E-state index in [1.807, 2.05) is 13.0 Å². The van der Waals surface area contributed by atoms with Gasteiger partial charge >= 0.3 is 0 Å². The third kappa shape index (κ3) is 7.71. The molecule has 3 aromatic carbocycles. The Morgan fingerprint density at radius 3 is 2.17 bits per heavy atom. The fraction of sp³-hybridized carbons (Fsp3) is 0.208. The third-order valence-corrected chi connectivity index (χ3v) is 7.84. The van der Waals surface area contributed by atoms with Crippen LogP contribution in [0.2, 0.25) is 5.02 Å². The first kappa shape index (κ1) is 26.5. The molecule has 0 radical (unpaired) electrons. The lowest BCUT2D eigenvalue weighted by Crippen LogP contribution is -2.31. The van der Waals surface area contributed by atoms with E-state index >= 15 is 0 Å². The third-order valence-electron chi connectivity index (χ3n) is 5.00. The Morgan fingerprint density at radius 2 is 1.57 bits per heavy atom. The molecule has 0 saturated heterocycles. The van der Waals surface area contributed by atoms with Gasteiger partial charge in [-0.15, -0.1) is 0 Å². The van der Waals surface area contributed by atoms with Crippen molar-refractivity contribution in [2.45, 2.75) is 24.7 Å². The highest BCUT2D eigenvalue weighted by Crippen LogP contribution is 2.22. The lowest BCUT2D eigenvalue weighted by molar-refractivity contribution is -0.116. The van der Waals surface area contributed by atoms with Gasteiger partial charge < -0.3 is 5.32 Å². The molecule has 3 aromatic rings. The molecule has 0 fully saturated rings. The molecule has 8 nitrogen and oxygen atoms in total. The lowest BCUT2D eigenvalue weighted by Gasteiger charge is -2.22. The minimum Gasteiger partial charge on any atom is -0.326 e. The van der Waals surface area contributed by atoms with Crippen molar-refractivity contribution in [1.82, 2.24) is 0 Å². The molecule has 11 heteroatoms. The van der Waals surface area contributed by atoms with E-state index in [4.69, 9.17) is 11.6 Å². The molecular weight excluding hydrogens is 510 g/mol. The van der Waals surface area contributed by atoms with Crippen LogP contribution in [-0.2, 0) is 24.8 Å². The maximum Gasteiger partial charge on any atom is 0.261 e. The largest absolute Gasteiger partial charge is 0.326 e. The van der Waals surface area contributed by atoms with E-state index in [0.29, 0.717) is 22.1 Å². The number of carbonyl (C=O) groups is 1. The number of benzene rings is 3. The highest BCUT2D eigenvalue weighted by atomic mass is 35.5. The number of hydrogen-bond donors (Lipinski definition) is 2. The summed E-state index contributed by atoms with van der Waals surface area (Å²) in [6.45, 7) is 1.99. The van der Waals surface area contributed by atoms with Crippen LogP contribution in [0.1, 0.15) is 18.4 Å². The molecule has 2 N–H and O–H groups in total. The summed E-state index contributed by atoms with van der Waals surface area (Å²) in [7, 11) is -7.31. The molecule has 0 aliphatic heterocycles. The first-order valence-electron chi connectivity index (χ1n) is 10.7. The second-order valence-corrected chi connectivity index (χ2v) is 12.0. The van der Waals surface area contributed by atoms with Crippen molar-refractivity contribution >= 4 is 54.6 Å². The highest BCUT2D eigenvalue weighted by molar-refractivity contribution is 7.92. The molecule has 0 aliphatic rings. The fourth-order valence-corrected chi connectivity index (χ4v) is 5.48. The number of aryl methyl sites for hydroxylation is 1. The summed E-state index contributed by atoms with van der Waals surface area (Å²) < 4.78 is 53.3. The van der Waals surface area contributed by atoms with Gasteiger partial charge in [-0.05, 0) is 79.6 Å². The standard InChI is InChI=1S/C24H26ClN3O5S2/c1-18-5-3-6-21(17-18)27-35(32,33)23-14-10-20(11-15-23)26-24(29)7-4-16-28(34(2,30)31)22-12-8-19(25)9-13-22/h3,5-6,8-15,17,27H,4,7,16H2,1-2H3,(H,26,29). The summed E-state index contributed by atoms with van der Waals surface area (Å²) >= 11 is 5.87. The average Bonchev–Trinajstić information content (AvgIpc) is 2.77. The summed E-state index contributed by atoms with van der Waals surface area (Å²) in [5.74, 6) is -0.317. The Balaban J connectivity index is 1.56. The smallest absolute Gasteiger partial charge is 0.261 e. The molecule has 0 bridgehead atoms. The lowest BCUT2D eigenvalue weighted by atomic mass is 10.2. The number of anilines is 3. The van der Waals surface area contributed by atoms with Gasteiger partial charge in [-0.25, -0.2) is 16.8 Å². The van der Waals surface area contributed by atoms with Gasteiger partial charge in [0.25, 0.3) is 10.0 Å². The number of nitrogens with one attached hydrogen (secondary N) is 2. The average molecular weight is 536 g/mol. The molecule has 1 amide bonds. The van der Waals surface area contributed by atoms with Crippen LogP contribution < -0.4 is 14.3 Å². The molecule has 0 unspecified atom stereocenters. The van der Waals surface area contributed by atoms with Crippen LogP contribution in [0.25, 0.3) is 0 Å². The van der Waals surface area contributed by atoms with Crippen molar-refractivity contribution < 1.29 is 21.6 Å². The molecule has 0 aromatic heterocycles. The maximum atomic E-state index is 12.6. The van der Waals surface area contributed by atoms with Gasteiger partial charge in [-0.3, -0.25) is 13.8 Å². The Kier molecular flexibility index (Phi) is 8.42. The van der Waals surface area contributed by atoms with E-state index in [9.17, 15) is 21.6 Å². The number of sulfonamides is 2. The van der Waals surface area contributed by atoms with Crippen molar-refractivity contribution in [3.63, 3.8) is 0 Å². The van der Waals surface area contributed by atoms with Gasteiger partial charge in [0, 0.05) is 29.4 Å². The minimum absolute atomic E-state index is 0.0590. The van der Waals surface area contributed by atoms with E-state index in [2.05, 4.69) is 10.0 Å². The molecule has 186 valence electrons. The summed E-state index contributed by atoms with van der Waals surface area (Å²) in [6, 6.07) is 19.2. The monoisotopic (exact) mass is 535 g/mol. The molecule has 3 rings (SSSR count). The first-order valence-corrected chi connectivity index (χ1v) is 14.4. The van der Waals surface area contributed by atoms with Crippen molar-refractivity contribution in [3.8, 4) is 0 Å². The number of amides is 1. The Bertz CT molecular complexity index is 1390. The molecule has 0 aliphatic carbocycles. The summed E-state index contributed by atoms with van der Waals surface area (Å²) in [4.78, 5) is 12.4. The SMILES string of the molecule is Cc1cccc(NS(=O)(=O)c2ccc(NC(=O)CCCN(c3ccc(Cl)cc3)S(C)(=O)=O)cc2)c1. The van der Waals surface area contributed by atoms with Gasteiger partial charge in [-0.1, -0.05) is 23.7 Å². The molecule has 0 saturated carbocycles. The van der Waals surface area contributed by atoms with Crippen LogP contribution in [0.3, 0.4) is 0 Å². The summed E-state index contributed by atoms with van der Waals surface area (Å²) in [5.41, 5.74) is 2.29. The Morgan fingerprint density at radius 1 is 0.914 bits per heavy atom. The van der Waals surface area contributed by atoms with Crippen LogP contribution in [0, 0.1) is 6.92 Å². The fourth-order valence-electron chi connectivity index (χ4n) is 3.34. The predicted octanol–water partition coefficient (Wildman–Crippen LogP) is 4.63. The summed E-state index contributed by atoms with van der Waals surface area (Å²) in [6.07, 6.45) is 1.47. The predicted molar refractivity (Wildman–Crippen MR) is 140 cm³/mol. The molecule has 0 spiro atoms. The number of halogens is 1. The number of nitrogens with zero attached hydrogens (tertiary/aromatic N) is 1. The topological polar surface area (TPSA) is 113 Å². The highest BCUT2D eigenvalue weighted by Gasteiger charge is 2.18. The number of rotatable bonds is 10. The van der Waals surface area contributed by atoms with Gasteiger partial charge in [-0.2, -0.15) is 0 Å². The van der Waals surface area contributed by atoms with Crippen molar-refractivity contribution in [2.24, 2.45) is 0 Å². The van der Waals surface area contributed by atoms with Gasteiger partial charge in [0.2, 0.25) is 15.9 Å². The maximum absolute atomic E-state index is 12.6. The molecule has 0 heterocycles. The van der Waals surface area contributed by atoms with E-state index in [1.54, 1.807) is 42.5 Å². The first-order chi connectivity index (χ1) is 16.4. The zero-order valence-corrected chi connectivity index (χ0v) is 21.6. The summed E-state index contributed by atoms with van der Waals surface area (Å²) in [5, 5.41) is 3.19. The van der Waals surface area contributed by atoms with Gasteiger partial charge in [0.1, 0.15) is 0 Å². The van der Waals surface area contributed by atoms with Crippen LogP contribution in [-0.4, -0.2) is 35.5 Å². The van der Waals surface area contributed by atoms with E-state index in [0.717, 1.165) is 11.8 Å². The number of hydrogen-bond acceptors (Lipinski definition) is 5. The number of carbonyl (C=O) groups excluding carboxylic acids is 1. The van der Waals surface area contributed by atoms with Crippen LogP contribution in [0.5, 0.6) is 0 Å². The van der Waals surface area contributed by atoms with Crippen molar-refractivity contribution in [2.75, 3.05) is 27.1 Å². The molecule has 35 heavy (non-hydrogen) atoms. The minimum atomic E-state index is -3.78. The Labute approximate surface area is 211 Å². The van der Waals surface area contributed by atoms with Crippen molar-refractivity contribution in [3.05, 3.63) is 83.4 Å². The van der Waals surface area contributed by atoms with E-state index in [1.165, 1.54) is 28.6 Å². The van der Waals surface area contributed by atoms with Crippen LogP contribution in [0.4, 0.5) is 17.1 Å². The van der Waals surface area contributed by atoms with Crippen LogP contribution in [0.15, 0.2) is 77.7 Å². The van der Waals surface area contributed by atoms with Crippen molar-refractivity contribution in [1.29, 1.82) is 0 Å². The van der Waals surface area contributed by atoms with E-state index in [-0.39, 0.29) is 30.2 Å². The second-order valence-electron chi connectivity index (χ2n) is 7.96. The van der Waals surface area contributed by atoms with Gasteiger partial charge in [0.05, 0.1) is 16.8 Å². The van der Waals surface area contributed by atoms with E-state index < -0.39 is 20.0 Å². The van der Waals surface area contributed by atoms with Crippen LogP contribution >= 0.6 is 11.6 Å².